The minimum absolute atomic E-state index is 0.00285. The lowest BCUT2D eigenvalue weighted by Crippen LogP contribution is -2.48. The van der Waals surface area contributed by atoms with Crippen LogP contribution in [0, 0.1) is 0 Å². The van der Waals surface area contributed by atoms with Gasteiger partial charge in [-0.2, -0.15) is 4.31 Å². The quantitative estimate of drug-likeness (QED) is 0.788. The molecular weight excluding hydrogens is 409 g/mol. The Kier molecular flexibility index (Phi) is 5.65. The van der Waals surface area contributed by atoms with E-state index in [1.54, 1.807) is 30.3 Å². The zero-order chi connectivity index (χ0) is 20.5. The van der Waals surface area contributed by atoms with Gasteiger partial charge >= 0.3 is 5.97 Å². The number of carbonyl (C=O) groups is 1. The van der Waals surface area contributed by atoms with Crippen molar-refractivity contribution in [1.82, 2.24) is 4.31 Å². The number of hydrogen-bond acceptors (Lipinski definition) is 4. The van der Waals surface area contributed by atoms with Crippen LogP contribution in [0.15, 0.2) is 47.4 Å². The van der Waals surface area contributed by atoms with Crippen LogP contribution in [0.1, 0.15) is 12.8 Å². The van der Waals surface area contributed by atoms with E-state index in [-0.39, 0.29) is 18.0 Å². The summed E-state index contributed by atoms with van der Waals surface area (Å²) in [6.07, 6.45) is -0.807. The van der Waals surface area contributed by atoms with Crippen molar-refractivity contribution >= 4 is 27.6 Å². The minimum Gasteiger partial charge on any atom is -0.497 e. The third-order valence-corrected chi connectivity index (χ3v) is 7.15. The molecule has 1 saturated heterocycles. The van der Waals surface area contributed by atoms with E-state index in [1.807, 2.05) is 0 Å². The number of piperidine rings is 1. The van der Waals surface area contributed by atoms with Gasteiger partial charge in [0.25, 0.3) is 0 Å². The van der Waals surface area contributed by atoms with Gasteiger partial charge in [0.1, 0.15) is 5.75 Å². The fourth-order valence-electron chi connectivity index (χ4n) is 3.19. The zero-order valence-corrected chi connectivity index (χ0v) is 16.6. The average Bonchev–Trinajstić information content (AvgIpc) is 2.68. The molecule has 1 aliphatic heterocycles. The van der Waals surface area contributed by atoms with Gasteiger partial charge in [0.2, 0.25) is 15.7 Å². The monoisotopic (exact) mass is 427 g/mol. The van der Waals surface area contributed by atoms with Crippen LogP contribution in [-0.4, -0.2) is 49.7 Å². The molecule has 0 amide bonds. The second-order valence-electron chi connectivity index (χ2n) is 6.52. The molecule has 3 rings (SSSR count). The standard InChI is InChI=1S/C19H19ClFNO5S/c1-27-13-6-7-17(15(12-13)14-4-2-3-5-16(14)20)28(25,26)22-10-8-19(21,9-11-22)18(23)24/h2-7,12H,8-11H2,1H3,(H,23,24). The molecule has 1 fully saturated rings. The summed E-state index contributed by atoms with van der Waals surface area (Å²) in [5.74, 6) is -1.10. The average molecular weight is 428 g/mol. The third kappa shape index (κ3) is 3.72. The largest absolute Gasteiger partial charge is 0.497 e. The maximum absolute atomic E-state index is 14.3. The molecule has 0 unspecified atom stereocenters. The molecule has 1 aliphatic rings. The Morgan fingerprint density at radius 2 is 1.82 bits per heavy atom. The van der Waals surface area contributed by atoms with E-state index in [9.17, 15) is 17.6 Å². The zero-order valence-electron chi connectivity index (χ0n) is 15.1. The molecule has 9 heteroatoms. The maximum atomic E-state index is 14.3. The molecule has 0 spiro atoms. The third-order valence-electron chi connectivity index (χ3n) is 4.87. The summed E-state index contributed by atoms with van der Waals surface area (Å²) in [5.41, 5.74) is -1.53. The number of benzene rings is 2. The van der Waals surface area contributed by atoms with Crippen molar-refractivity contribution in [2.24, 2.45) is 0 Å². The summed E-state index contributed by atoms with van der Waals surface area (Å²) in [6, 6.07) is 11.3. The number of sulfonamides is 1. The number of alkyl halides is 1. The molecule has 2 aromatic rings. The van der Waals surface area contributed by atoms with Gasteiger partial charge in [0.05, 0.1) is 12.0 Å². The molecule has 0 saturated carbocycles. The highest BCUT2D eigenvalue weighted by molar-refractivity contribution is 7.89. The topological polar surface area (TPSA) is 83.9 Å². The van der Waals surface area contributed by atoms with Gasteiger partial charge in [-0.3, -0.25) is 0 Å². The highest BCUT2D eigenvalue weighted by Gasteiger charge is 2.44. The molecule has 0 radical (unpaired) electrons. The SMILES string of the molecule is COc1ccc(S(=O)(=O)N2CCC(F)(C(=O)O)CC2)c(-c2ccccc2Cl)c1. The number of nitrogens with zero attached hydrogens (tertiary/aromatic N) is 1. The molecule has 1 heterocycles. The fourth-order valence-corrected chi connectivity index (χ4v) is 5.05. The summed E-state index contributed by atoms with van der Waals surface area (Å²) in [5, 5.41) is 9.39. The van der Waals surface area contributed by atoms with E-state index in [0.717, 1.165) is 4.31 Å². The second-order valence-corrected chi connectivity index (χ2v) is 8.83. The predicted octanol–water partition coefficient (Wildman–Crippen LogP) is 3.59. The molecule has 0 aromatic heterocycles. The number of halogens is 2. The summed E-state index contributed by atoms with van der Waals surface area (Å²) in [7, 11) is -2.53. The summed E-state index contributed by atoms with van der Waals surface area (Å²) < 4.78 is 47.1. The van der Waals surface area contributed by atoms with Gasteiger partial charge in [-0.1, -0.05) is 29.8 Å². The number of aliphatic carboxylic acids is 1. The van der Waals surface area contributed by atoms with Crippen molar-refractivity contribution < 1.29 is 27.4 Å². The van der Waals surface area contributed by atoms with Crippen molar-refractivity contribution in [3.63, 3.8) is 0 Å². The minimum atomic E-state index is -4.00. The van der Waals surface area contributed by atoms with Crippen LogP contribution in [0.5, 0.6) is 5.75 Å². The van der Waals surface area contributed by atoms with Crippen LogP contribution in [0.4, 0.5) is 4.39 Å². The van der Waals surface area contributed by atoms with Crippen LogP contribution in [0.25, 0.3) is 11.1 Å². The Labute approximate surface area is 167 Å². The number of hydrogen-bond donors (Lipinski definition) is 1. The molecule has 28 heavy (non-hydrogen) atoms. The molecule has 0 atom stereocenters. The van der Waals surface area contributed by atoms with Crippen molar-refractivity contribution in [2.75, 3.05) is 20.2 Å². The molecule has 6 nitrogen and oxygen atoms in total. The highest BCUT2D eigenvalue weighted by atomic mass is 35.5. The van der Waals surface area contributed by atoms with Crippen molar-refractivity contribution in [3.05, 3.63) is 47.5 Å². The lowest BCUT2D eigenvalue weighted by Gasteiger charge is -2.33. The number of ether oxygens (including phenoxy) is 1. The number of carboxylic acids is 1. The predicted molar refractivity (Wildman–Crippen MR) is 103 cm³/mol. The summed E-state index contributed by atoms with van der Waals surface area (Å²) in [6.45, 7) is -0.446. The Bertz CT molecular complexity index is 1000. The Morgan fingerprint density at radius 1 is 1.18 bits per heavy atom. The number of rotatable bonds is 5. The molecular formula is C19H19ClFNO5S. The first-order valence-electron chi connectivity index (χ1n) is 8.54. The van der Waals surface area contributed by atoms with Crippen LogP contribution >= 0.6 is 11.6 Å². The smallest absolute Gasteiger partial charge is 0.341 e. The van der Waals surface area contributed by atoms with Crippen LogP contribution in [0.2, 0.25) is 5.02 Å². The maximum Gasteiger partial charge on any atom is 0.341 e. The van der Waals surface area contributed by atoms with Gasteiger partial charge in [-0.05, 0) is 24.3 Å². The molecule has 0 aliphatic carbocycles. The second kappa shape index (κ2) is 7.69. The van der Waals surface area contributed by atoms with E-state index in [2.05, 4.69) is 0 Å². The normalized spacial score (nSPS) is 17.2. The number of methoxy groups -OCH3 is 1. The van der Waals surface area contributed by atoms with Crippen molar-refractivity contribution in [1.29, 1.82) is 0 Å². The Hall–Kier alpha value is -2.16. The first-order valence-corrected chi connectivity index (χ1v) is 10.4. The van der Waals surface area contributed by atoms with Gasteiger partial charge in [-0.15, -0.1) is 0 Å². The summed E-state index contributed by atoms with van der Waals surface area (Å²) >= 11 is 6.27. The number of carboxylic acid groups (broad SMARTS) is 1. The Balaban J connectivity index is 2.04. The molecule has 150 valence electrons. The lowest BCUT2D eigenvalue weighted by atomic mass is 9.95. The van der Waals surface area contributed by atoms with Crippen molar-refractivity contribution in [3.8, 4) is 16.9 Å². The molecule has 1 N–H and O–H groups in total. The summed E-state index contributed by atoms with van der Waals surface area (Å²) in [4.78, 5) is 11.1. The van der Waals surface area contributed by atoms with E-state index >= 15 is 0 Å². The van der Waals surface area contributed by atoms with Gasteiger partial charge in [0, 0.05) is 42.1 Å². The van der Waals surface area contributed by atoms with Crippen molar-refractivity contribution in [2.45, 2.75) is 23.4 Å². The van der Waals surface area contributed by atoms with E-state index in [4.69, 9.17) is 21.4 Å². The first kappa shape index (κ1) is 20.6. The molecule has 0 bridgehead atoms. The fraction of sp³-hybridized carbons (Fsp3) is 0.316. The lowest BCUT2D eigenvalue weighted by molar-refractivity contribution is -0.153. The van der Waals surface area contributed by atoms with Crippen LogP contribution < -0.4 is 4.74 Å². The van der Waals surface area contributed by atoms with E-state index in [0.29, 0.717) is 21.9 Å². The van der Waals surface area contributed by atoms with Gasteiger partial charge < -0.3 is 9.84 Å². The molecule has 2 aromatic carbocycles. The highest BCUT2D eigenvalue weighted by Crippen LogP contribution is 2.38. The van der Waals surface area contributed by atoms with E-state index < -0.39 is 34.5 Å². The van der Waals surface area contributed by atoms with Gasteiger partial charge in [0.15, 0.2) is 0 Å². The first-order chi connectivity index (χ1) is 13.2. The van der Waals surface area contributed by atoms with Crippen LogP contribution in [-0.2, 0) is 14.8 Å². The van der Waals surface area contributed by atoms with Crippen LogP contribution in [0.3, 0.4) is 0 Å². The van der Waals surface area contributed by atoms with E-state index in [1.165, 1.54) is 19.2 Å². The Morgan fingerprint density at radius 3 is 2.39 bits per heavy atom. The van der Waals surface area contributed by atoms with Gasteiger partial charge in [-0.25, -0.2) is 17.6 Å².